The van der Waals surface area contributed by atoms with Gasteiger partial charge in [-0.05, 0) is 30.5 Å². The molecule has 0 atom stereocenters. The fourth-order valence-corrected chi connectivity index (χ4v) is 2.12. The molecule has 2 aromatic rings. The van der Waals surface area contributed by atoms with Crippen LogP contribution in [0.3, 0.4) is 0 Å². The summed E-state index contributed by atoms with van der Waals surface area (Å²) in [5, 5.41) is 9.58. The van der Waals surface area contributed by atoms with Crippen LogP contribution in [0.1, 0.15) is 18.4 Å². The van der Waals surface area contributed by atoms with Crippen LogP contribution in [0.25, 0.3) is 11.1 Å². The highest BCUT2D eigenvalue weighted by atomic mass is 16.4. The molecule has 0 spiro atoms. The summed E-state index contributed by atoms with van der Waals surface area (Å²) in [5.74, 6) is -0.266. The molecule has 0 bridgehead atoms. The second-order valence-electron chi connectivity index (χ2n) is 4.25. The van der Waals surface area contributed by atoms with Crippen molar-refractivity contribution in [3.05, 3.63) is 46.7 Å². The van der Waals surface area contributed by atoms with Gasteiger partial charge >= 0.3 is 5.76 Å². The summed E-state index contributed by atoms with van der Waals surface area (Å²) in [7, 11) is 0. The van der Waals surface area contributed by atoms with Crippen molar-refractivity contribution in [3.63, 3.8) is 0 Å². The Bertz CT molecular complexity index is 631. The zero-order valence-electron chi connectivity index (χ0n) is 8.62. The van der Waals surface area contributed by atoms with Crippen LogP contribution in [0.2, 0.25) is 0 Å². The molecule has 4 heteroatoms. The lowest BCUT2D eigenvalue weighted by molar-refractivity contribution is 0.362. The van der Waals surface area contributed by atoms with Gasteiger partial charge in [0, 0.05) is 0 Å². The predicted molar refractivity (Wildman–Crippen MR) is 59.5 cm³/mol. The van der Waals surface area contributed by atoms with E-state index in [0.717, 1.165) is 18.4 Å². The topological polar surface area (TPSA) is 66.2 Å². The van der Waals surface area contributed by atoms with E-state index in [1.54, 1.807) is 6.07 Å². The number of aromatic amines is 1. The van der Waals surface area contributed by atoms with Crippen LogP contribution in [0.15, 0.2) is 39.7 Å². The molecule has 0 aliphatic heterocycles. The molecule has 0 amide bonds. The van der Waals surface area contributed by atoms with Gasteiger partial charge in [-0.1, -0.05) is 12.6 Å². The second kappa shape index (κ2) is 2.78. The fraction of sp³-hybridized carbons (Fsp3) is 0.250. The van der Waals surface area contributed by atoms with Crippen LogP contribution in [-0.2, 0) is 5.41 Å². The van der Waals surface area contributed by atoms with E-state index in [-0.39, 0.29) is 11.2 Å². The maximum atomic E-state index is 11.0. The molecule has 1 saturated carbocycles. The minimum atomic E-state index is -0.458. The van der Waals surface area contributed by atoms with Crippen molar-refractivity contribution >= 4 is 11.1 Å². The maximum Gasteiger partial charge on any atom is 0.417 e. The van der Waals surface area contributed by atoms with Gasteiger partial charge in [0.1, 0.15) is 0 Å². The van der Waals surface area contributed by atoms with Crippen molar-refractivity contribution in [1.82, 2.24) is 4.98 Å². The molecule has 1 aliphatic carbocycles. The highest BCUT2D eigenvalue weighted by molar-refractivity contribution is 5.73. The average Bonchev–Trinajstić information content (AvgIpc) is 2.95. The Morgan fingerprint density at radius 3 is 2.88 bits per heavy atom. The van der Waals surface area contributed by atoms with Gasteiger partial charge in [-0.3, -0.25) is 4.98 Å². The summed E-state index contributed by atoms with van der Waals surface area (Å²) >= 11 is 0. The summed E-state index contributed by atoms with van der Waals surface area (Å²) in [6.45, 7) is 3.61. The van der Waals surface area contributed by atoms with Crippen LogP contribution in [0.4, 0.5) is 0 Å². The lowest BCUT2D eigenvalue weighted by Gasteiger charge is -2.13. The Morgan fingerprint density at radius 2 is 2.25 bits per heavy atom. The quantitative estimate of drug-likeness (QED) is 0.758. The predicted octanol–water partition coefficient (Wildman–Crippen LogP) is 2.22. The lowest BCUT2D eigenvalue weighted by atomic mass is 9.94. The minimum absolute atomic E-state index is 0.192. The molecule has 0 unspecified atom stereocenters. The molecule has 82 valence electrons. The number of hydrogen-bond acceptors (Lipinski definition) is 3. The Balaban J connectivity index is 2.19. The van der Waals surface area contributed by atoms with Gasteiger partial charge in [0.2, 0.25) is 0 Å². The largest absolute Gasteiger partial charge is 0.512 e. The van der Waals surface area contributed by atoms with Crippen LogP contribution in [0.5, 0.6) is 0 Å². The first-order valence-electron chi connectivity index (χ1n) is 5.13. The van der Waals surface area contributed by atoms with Gasteiger partial charge in [-0.15, -0.1) is 0 Å². The molecule has 0 saturated heterocycles. The first kappa shape index (κ1) is 9.27. The molecule has 1 aromatic heterocycles. The fourth-order valence-electron chi connectivity index (χ4n) is 2.12. The average molecular weight is 217 g/mol. The Morgan fingerprint density at radius 1 is 1.50 bits per heavy atom. The molecular weight excluding hydrogens is 206 g/mol. The summed E-state index contributed by atoms with van der Waals surface area (Å²) in [4.78, 5) is 13.6. The maximum absolute atomic E-state index is 11.0. The third-order valence-corrected chi connectivity index (χ3v) is 3.27. The summed E-state index contributed by atoms with van der Waals surface area (Å²) in [6, 6.07) is 5.45. The van der Waals surface area contributed by atoms with Crippen molar-refractivity contribution in [1.29, 1.82) is 0 Å². The molecule has 1 fully saturated rings. The first-order valence-corrected chi connectivity index (χ1v) is 5.13. The zero-order valence-corrected chi connectivity index (χ0v) is 8.62. The summed E-state index contributed by atoms with van der Waals surface area (Å²) < 4.78 is 4.92. The van der Waals surface area contributed by atoms with Crippen LogP contribution >= 0.6 is 0 Å². The number of aliphatic hydroxyl groups excluding tert-OH is 1. The van der Waals surface area contributed by atoms with E-state index in [2.05, 4.69) is 11.6 Å². The van der Waals surface area contributed by atoms with Crippen LogP contribution in [-0.4, -0.2) is 10.1 Å². The van der Waals surface area contributed by atoms with Crippen molar-refractivity contribution in [2.45, 2.75) is 18.3 Å². The number of hydrogen-bond donors (Lipinski definition) is 2. The molecule has 0 radical (unpaired) electrons. The smallest absolute Gasteiger partial charge is 0.417 e. The van der Waals surface area contributed by atoms with Crippen molar-refractivity contribution in [2.24, 2.45) is 0 Å². The number of aliphatic hydroxyl groups is 1. The molecule has 1 aliphatic rings. The number of H-pyrrole nitrogens is 1. The monoisotopic (exact) mass is 217 g/mol. The van der Waals surface area contributed by atoms with E-state index in [1.165, 1.54) is 0 Å². The normalized spacial score (nSPS) is 17.5. The first-order chi connectivity index (χ1) is 7.62. The minimum Gasteiger partial charge on any atom is -0.512 e. The molecule has 1 heterocycles. The van der Waals surface area contributed by atoms with Gasteiger partial charge in [-0.2, -0.15) is 0 Å². The number of aromatic nitrogens is 1. The van der Waals surface area contributed by atoms with Crippen molar-refractivity contribution in [3.8, 4) is 0 Å². The molecule has 4 nitrogen and oxygen atoms in total. The van der Waals surface area contributed by atoms with Crippen molar-refractivity contribution in [2.75, 3.05) is 0 Å². The Hall–Kier alpha value is -1.97. The number of rotatable bonds is 2. The molecule has 16 heavy (non-hydrogen) atoms. The van der Waals surface area contributed by atoms with E-state index in [1.807, 2.05) is 12.1 Å². The van der Waals surface area contributed by atoms with Crippen LogP contribution < -0.4 is 5.76 Å². The molecular formula is C12H11NO3. The van der Waals surface area contributed by atoms with Gasteiger partial charge in [0.25, 0.3) is 0 Å². The van der Waals surface area contributed by atoms with Gasteiger partial charge < -0.3 is 9.52 Å². The number of nitrogens with one attached hydrogen (secondary N) is 1. The van der Waals surface area contributed by atoms with E-state index in [0.29, 0.717) is 11.1 Å². The Labute approximate surface area is 91.2 Å². The third kappa shape index (κ3) is 1.13. The van der Waals surface area contributed by atoms with Crippen molar-refractivity contribution < 1.29 is 9.52 Å². The van der Waals surface area contributed by atoms with Crippen LogP contribution in [0, 0.1) is 0 Å². The Kier molecular flexibility index (Phi) is 1.61. The number of allylic oxidation sites excluding steroid dienone is 1. The summed E-state index contributed by atoms with van der Waals surface area (Å²) in [6.07, 6.45) is 1.80. The van der Waals surface area contributed by atoms with E-state index in [9.17, 15) is 9.90 Å². The molecule has 2 N–H and O–H groups in total. The number of benzene rings is 1. The summed E-state index contributed by atoms with van der Waals surface area (Å²) in [5.41, 5.74) is 1.87. The molecule has 3 rings (SSSR count). The third-order valence-electron chi connectivity index (χ3n) is 3.27. The zero-order chi connectivity index (χ0) is 11.3. The van der Waals surface area contributed by atoms with Gasteiger partial charge in [0.05, 0.1) is 16.7 Å². The van der Waals surface area contributed by atoms with E-state index < -0.39 is 5.76 Å². The van der Waals surface area contributed by atoms with Gasteiger partial charge in [-0.25, -0.2) is 4.79 Å². The SMILES string of the molecule is C=C(O)C1(c2ccc3oc(=O)[nH]c3c2)CC1. The lowest BCUT2D eigenvalue weighted by Crippen LogP contribution is -2.08. The number of fused-ring (bicyclic) bond motifs is 1. The number of oxazole rings is 1. The van der Waals surface area contributed by atoms with E-state index in [4.69, 9.17) is 4.42 Å². The standard InChI is InChI=1S/C12H11NO3/c1-7(14)12(4-5-12)8-2-3-10-9(6-8)13-11(15)16-10/h2-3,6,14H,1,4-5H2,(H,13,15). The second-order valence-corrected chi connectivity index (χ2v) is 4.25. The van der Waals surface area contributed by atoms with E-state index >= 15 is 0 Å². The van der Waals surface area contributed by atoms with Gasteiger partial charge in [0.15, 0.2) is 5.58 Å². The highest BCUT2D eigenvalue weighted by Crippen LogP contribution is 2.52. The molecule has 1 aromatic carbocycles. The highest BCUT2D eigenvalue weighted by Gasteiger charge is 2.47.